The summed E-state index contributed by atoms with van der Waals surface area (Å²) in [7, 11) is 0. The lowest BCUT2D eigenvalue weighted by Crippen LogP contribution is -2.04. The molecular formula is C14H13ClN4O. The van der Waals surface area contributed by atoms with Gasteiger partial charge in [-0.1, -0.05) is 11.6 Å². The summed E-state index contributed by atoms with van der Waals surface area (Å²) in [6.07, 6.45) is 0. The zero-order valence-corrected chi connectivity index (χ0v) is 11.6. The average Bonchev–Trinajstić information content (AvgIpc) is 2.88. The van der Waals surface area contributed by atoms with Crippen LogP contribution in [0.2, 0.25) is 5.02 Å². The van der Waals surface area contributed by atoms with Crippen molar-refractivity contribution in [1.29, 1.82) is 0 Å². The Morgan fingerprint density at radius 2 is 1.90 bits per heavy atom. The van der Waals surface area contributed by atoms with Gasteiger partial charge in [0.05, 0.1) is 5.69 Å². The Bertz CT molecular complexity index is 752. The summed E-state index contributed by atoms with van der Waals surface area (Å²) in [5.74, 6) is 1.44. The van der Waals surface area contributed by atoms with Crippen LogP contribution in [0.5, 0.6) is 5.75 Å². The summed E-state index contributed by atoms with van der Waals surface area (Å²) >= 11 is 5.83. The van der Waals surface area contributed by atoms with Crippen LogP contribution in [0.4, 0.5) is 5.69 Å². The molecule has 20 heavy (non-hydrogen) atoms. The number of benzene rings is 1. The predicted octanol–water partition coefficient (Wildman–Crippen LogP) is 2.85. The highest BCUT2D eigenvalue weighted by atomic mass is 35.5. The fourth-order valence-corrected chi connectivity index (χ4v) is 2.13. The molecule has 0 atom stereocenters. The molecule has 102 valence electrons. The zero-order chi connectivity index (χ0) is 14.1. The molecule has 3 rings (SSSR count). The van der Waals surface area contributed by atoms with Gasteiger partial charge in [-0.3, -0.25) is 4.40 Å². The smallest absolute Gasteiger partial charge is 0.184 e. The summed E-state index contributed by atoms with van der Waals surface area (Å²) in [5.41, 5.74) is 8.14. The van der Waals surface area contributed by atoms with E-state index in [1.54, 1.807) is 12.1 Å². The van der Waals surface area contributed by atoms with Crippen LogP contribution < -0.4 is 10.5 Å². The van der Waals surface area contributed by atoms with E-state index in [1.165, 1.54) is 0 Å². The average molecular weight is 289 g/mol. The minimum absolute atomic E-state index is 0.313. The minimum atomic E-state index is 0.313. The highest BCUT2D eigenvalue weighted by Gasteiger charge is 2.10. The number of anilines is 1. The molecule has 0 aliphatic rings. The van der Waals surface area contributed by atoms with Gasteiger partial charge in [0, 0.05) is 10.7 Å². The van der Waals surface area contributed by atoms with Crippen molar-refractivity contribution in [2.24, 2.45) is 0 Å². The van der Waals surface area contributed by atoms with E-state index in [-0.39, 0.29) is 0 Å². The number of halogens is 1. The van der Waals surface area contributed by atoms with Crippen LogP contribution in [0.3, 0.4) is 0 Å². The molecule has 0 spiro atoms. The Morgan fingerprint density at radius 1 is 1.15 bits per heavy atom. The number of hydrogen-bond donors (Lipinski definition) is 1. The Hall–Kier alpha value is -2.27. The van der Waals surface area contributed by atoms with E-state index < -0.39 is 0 Å². The quantitative estimate of drug-likeness (QED) is 0.805. The van der Waals surface area contributed by atoms with E-state index in [9.17, 15) is 0 Å². The summed E-state index contributed by atoms with van der Waals surface area (Å²) < 4.78 is 7.58. The van der Waals surface area contributed by atoms with Gasteiger partial charge in [-0.15, -0.1) is 10.2 Å². The van der Waals surface area contributed by atoms with E-state index in [0.29, 0.717) is 28.8 Å². The summed E-state index contributed by atoms with van der Waals surface area (Å²) in [6.45, 7) is 2.29. The van der Waals surface area contributed by atoms with Gasteiger partial charge >= 0.3 is 0 Å². The van der Waals surface area contributed by atoms with E-state index in [0.717, 1.165) is 11.4 Å². The standard InChI is InChI=1S/C14H13ClN4O/c1-9-2-7-12(16)14-18-17-13(19(9)14)8-20-11-5-3-10(15)4-6-11/h2-7H,8,16H2,1H3. The molecule has 0 radical (unpaired) electrons. The van der Waals surface area contributed by atoms with E-state index in [1.807, 2.05) is 35.6 Å². The zero-order valence-electron chi connectivity index (χ0n) is 10.9. The van der Waals surface area contributed by atoms with Crippen molar-refractivity contribution in [2.75, 3.05) is 5.73 Å². The molecule has 2 heterocycles. The van der Waals surface area contributed by atoms with Crippen LogP contribution in [-0.2, 0) is 6.61 Å². The number of nitrogens with two attached hydrogens (primary N) is 1. The molecule has 0 bridgehead atoms. The number of rotatable bonds is 3. The number of aryl methyl sites for hydroxylation is 1. The topological polar surface area (TPSA) is 65.4 Å². The van der Waals surface area contributed by atoms with E-state index in [4.69, 9.17) is 22.1 Å². The van der Waals surface area contributed by atoms with Crippen molar-refractivity contribution in [1.82, 2.24) is 14.6 Å². The van der Waals surface area contributed by atoms with Gasteiger partial charge in [-0.05, 0) is 43.3 Å². The lowest BCUT2D eigenvalue weighted by atomic mass is 10.3. The van der Waals surface area contributed by atoms with Gasteiger partial charge in [-0.25, -0.2) is 0 Å². The fraction of sp³-hybridized carbons (Fsp3) is 0.143. The van der Waals surface area contributed by atoms with Gasteiger partial charge in [0.2, 0.25) is 0 Å². The Morgan fingerprint density at radius 3 is 2.65 bits per heavy atom. The van der Waals surface area contributed by atoms with Crippen molar-refractivity contribution in [3.8, 4) is 5.75 Å². The fourth-order valence-electron chi connectivity index (χ4n) is 2.01. The van der Waals surface area contributed by atoms with E-state index in [2.05, 4.69) is 10.2 Å². The largest absolute Gasteiger partial charge is 0.486 e. The third-order valence-electron chi connectivity index (χ3n) is 3.03. The van der Waals surface area contributed by atoms with Gasteiger partial charge < -0.3 is 10.5 Å². The maximum atomic E-state index is 5.88. The monoisotopic (exact) mass is 288 g/mol. The molecule has 2 N–H and O–H groups in total. The first-order valence-corrected chi connectivity index (χ1v) is 6.50. The van der Waals surface area contributed by atoms with Crippen molar-refractivity contribution in [2.45, 2.75) is 13.5 Å². The SMILES string of the molecule is Cc1ccc(N)c2nnc(COc3ccc(Cl)cc3)n12. The Kier molecular flexibility index (Phi) is 3.20. The maximum absolute atomic E-state index is 5.88. The molecule has 0 aliphatic carbocycles. The summed E-state index contributed by atoms with van der Waals surface area (Å²) in [5, 5.41) is 8.90. The van der Waals surface area contributed by atoms with Crippen LogP contribution in [0.15, 0.2) is 36.4 Å². The normalized spacial score (nSPS) is 10.9. The predicted molar refractivity (Wildman–Crippen MR) is 77.9 cm³/mol. The summed E-state index contributed by atoms with van der Waals surface area (Å²) in [6, 6.07) is 10.9. The van der Waals surface area contributed by atoms with Gasteiger partial charge in [0.25, 0.3) is 0 Å². The first-order chi connectivity index (χ1) is 9.65. The van der Waals surface area contributed by atoms with Crippen LogP contribution in [0.25, 0.3) is 5.65 Å². The van der Waals surface area contributed by atoms with Crippen LogP contribution >= 0.6 is 11.6 Å². The number of aromatic nitrogens is 3. The molecule has 0 unspecified atom stereocenters. The van der Waals surface area contributed by atoms with Crippen LogP contribution in [0, 0.1) is 6.92 Å². The number of ether oxygens (including phenoxy) is 1. The number of nitrogen functional groups attached to an aromatic ring is 1. The van der Waals surface area contributed by atoms with Gasteiger partial charge in [0.1, 0.15) is 12.4 Å². The molecular weight excluding hydrogens is 276 g/mol. The highest BCUT2D eigenvalue weighted by Crippen LogP contribution is 2.19. The summed E-state index contributed by atoms with van der Waals surface area (Å²) in [4.78, 5) is 0. The minimum Gasteiger partial charge on any atom is -0.486 e. The molecule has 2 aromatic heterocycles. The van der Waals surface area contributed by atoms with Crippen molar-refractivity contribution in [3.05, 3.63) is 52.9 Å². The lowest BCUT2D eigenvalue weighted by molar-refractivity contribution is 0.294. The Balaban J connectivity index is 1.88. The second-order valence-corrected chi connectivity index (χ2v) is 4.88. The first kappa shape index (κ1) is 12.7. The first-order valence-electron chi connectivity index (χ1n) is 6.12. The number of fused-ring (bicyclic) bond motifs is 1. The molecule has 0 amide bonds. The number of nitrogens with zero attached hydrogens (tertiary/aromatic N) is 3. The Labute approximate surface area is 121 Å². The third kappa shape index (κ3) is 2.28. The molecule has 0 saturated heterocycles. The van der Waals surface area contributed by atoms with Crippen molar-refractivity contribution in [3.63, 3.8) is 0 Å². The molecule has 6 heteroatoms. The molecule has 5 nitrogen and oxygen atoms in total. The molecule has 0 aliphatic heterocycles. The molecule has 0 fully saturated rings. The van der Waals surface area contributed by atoms with E-state index >= 15 is 0 Å². The second kappa shape index (κ2) is 5.02. The van der Waals surface area contributed by atoms with Gasteiger partial charge in [0.15, 0.2) is 11.5 Å². The molecule has 0 saturated carbocycles. The maximum Gasteiger partial charge on any atom is 0.184 e. The van der Waals surface area contributed by atoms with Crippen LogP contribution in [-0.4, -0.2) is 14.6 Å². The van der Waals surface area contributed by atoms with Gasteiger partial charge in [-0.2, -0.15) is 0 Å². The number of pyridine rings is 1. The number of hydrogen-bond acceptors (Lipinski definition) is 4. The second-order valence-electron chi connectivity index (χ2n) is 4.45. The highest BCUT2D eigenvalue weighted by molar-refractivity contribution is 6.30. The third-order valence-corrected chi connectivity index (χ3v) is 3.28. The lowest BCUT2D eigenvalue weighted by Gasteiger charge is -2.07. The van der Waals surface area contributed by atoms with Crippen molar-refractivity contribution >= 4 is 22.9 Å². The van der Waals surface area contributed by atoms with Crippen LogP contribution in [0.1, 0.15) is 11.5 Å². The van der Waals surface area contributed by atoms with Crippen molar-refractivity contribution < 1.29 is 4.74 Å². The molecule has 3 aromatic rings. The molecule has 1 aromatic carbocycles.